The molecule has 0 saturated carbocycles. The number of carbonyl (C=O) groups excluding carboxylic acids is 1. The molecule has 3 rings (SSSR count). The maximum Gasteiger partial charge on any atom is 0.223 e. The van der Waals surface area contributed by atoms with E-state index in [-0.39, 0.29) is 17.6 Å². The summed E-state index contributed by atoms with van der Waals surface area (Å²) in [6.45, 7) is 3.40. The summed E-state index contributed by atoms with van der Waals surface area (Å²) < 4.78 is 32.6. The largest absolute Gasteiger partial charge is 0.491 e. The van der Waals surface area contributed by atoms with Crippen molar-refractivity contribution in [1.29, 1.82) is 0 Å². The molecule has 2 aromatic carbocycles. The molecule has 1 aliphatic rings. The lowest BCUT2D eigenvalue weighted by Gasteiger charge is -2.30. The van der Waals surface area contributed by atoms with E-state index in [1.165, 1.54) is 4.31 Å². The fourth-order valence-electron chi connectivity index (χ4n) is 3.53. The van der Waals surface area contributed by atoms with Gasteiger partial charge in [0.25, 0.3) is 0 Å². The Bertz CT molecular complexity index is 1020. The lowest BCUT2D eigenvalue weighted by atomic mass is 9.97. The van der Waals surface area contributed by atoms with Gasteiger partial charge in [-0.1, -0.05) is 47.5 Å². The van der Waals surface area contributed by atoms with Crippen molar-refractivity contribution < 1.29 is 17.9 Å². The number of aryl methyl sites for hydroxylation is 1. The van der Waals surface area contributed by atoms with E-state index in [9.17, 15) is 13.2 Å². The lowest BCUT2D eigenvalue weighted by molar-refractivity contribution is -0.126. The summed E-state index contributed by atoms with van der Waals surface area (Å²) in [5.41, 5.74) is 1.63. The molecule has 1 fully saturated rings. The zero-order valence-electron chi connectivity index (χ0n) is 17.3. The monoisotopic (exact) mass is 484 g/mol. The highest BCUT2D eigenvalue weighted by molar-refractivity contribution is 7.88. The zero-order chi connectivity index (χ0) is 22.4. The van der Waals surface area contributed by atoms with E-state index in [1.807, 2.05) is 31.2 Å². The van der Waals surface area contributed by atoms with Gasteiger partial charge in [0.15, 0.2) is 0 Å². The van der Waals surface area contributed by atoms with Crippen LogP contribution in [0.2, 0.25) is 10.0 Å². The number of hydrogen-bond donors (Lipinski definition) is 1. The van der Waals surface area contributed by atoms with Gasteiger partial charge in [-0.2, -0.15) is 0 Å². The molecule has 0 aliphatic carbocycles. The maximum absolute atomic E-state index is 12.7. The minimum atomic E-state index is -3.49. The number of halogens is 2. The van der Waals surface area contributed by atoms with Crippen molar-refractivity contribution in [3.05, 3.63) is 63.6 Å². The Hall–Kier alpha value is -1.80. The minimum Gasteiger partial charge on any atom is -0.491 e. The number of carbonyl (C=O) groups is 1. The van der Waals surface area contributed by atoms with Crippen LogP contribution in [-0.4, -0.2) is 44.9 Å². The molecule has 1 N–H and O–H groups in total. The number of para-hydroxylation sites is 1. The summed E-state index contributed by atoms with van der Waals surface area (Å²) in [6, 6.07) is 12.5. The van der Waals surface area contributed by atoms with Crippen LogP contribution in [0.1, 0.15) is 24.0 Å². The molecule has 1 aliphatic heterocycles. The van der Waals surface area contributed by atoms with Crippen LogP contribution in [-0.2, 0) is 20.6 Å². The second kappa shape index (κ2) is 10.7. The van der Waals surface area contributed by atoms with Crippen LogP contribution in [0.3, 0.4) is 0 Å². The first kappa shape index (κ1) is 23.9. The first-order valence-corrected chi connectivity index (χ1v) is 12.5. The number of nitrogens with one attached hydrogen (secondary N) is 1. The molecular weight excluding hydrogens is 459 g/mol. The number of sulfonamides is 1. The van der Waals surface area contributed by atoms with E-state index in [0.29, 0.717) is 54.7 Å². The van der Waals surface area contributed by atoms with Crippen LogP contribution in [0, 0.1) is 12.8 Å². The number of hydrogen-bond acceptors (Lipinski definition) is 4. The highest BCUT2D eigenvalue weighted by Crippen LogP contribution is 2.26. The van der Waals surface area contributed by atoms with Crippen molar-refractivity contribution in [3.8, 4) is 5.75 Å². The van der Waals surface area contributed by atoms with Crippen molar-refractivity contribution in [2.24, 2.45) is 5.92 Å². The average Bonchev–Trinajstić information content (AvgIpc) is 2.75. The van der Waals surface area contributed by atoms with Crippen molar-refractivity contribution in [1.82, 2.24) is 9.62 Å². The Kier molecular flexibility index (Phi) is 8.22. The lowest BCUT2D eigenvalue weighted by Crippen LogP contribution is -2.43. The topological polar surface area (TPSA) is 75.7 Å². The fourth-order valence-corrected chi connectivity index (χ4v) is 5.40. The number of rotatable bonds is 8. The van der Waals surface area contributed by atoms with Gasteiger partial charge in [0.05, 0.1) is 22.3 Å². The normalized spacial score (nSPS) is 15.6. The Morgan fingerprint density at radius 3 is 2.52 bits per heavy atom. The van der Waals surface area contributed by atoms with Crippen LogP contribution >= 0.6 is 23.2 Å². The second-order valence-corrected chi connectivity index (χ2v) is 10.4. The highest BCUT2D eigenvalue weighted by atomic mass is 35.5. The highest BCUT2D eigenvalue weighted by Gasteiger charge is 2.31. The molecule has 0 spiro atoms. The Morgan fingerprint density at radius 1 is 1.13 bits per heavy atom. The Balaban J connectivity index is 1.43. The molecule has 2 aromatic rings. The predicted octanol–water partition coefficient (Wildman–Crippen LogP) is 4.04. The number of amides is 1. The van der Waals surface area contributed by atoms with Gasteiger partial charge >= 0.3 is 0 Å². The average molecular weight is 485 g/mol. The molecule has 168 valence electrons. The molecule has 9 heteroatoms. The number of ether oxygens (including phenoxy) is 1. The van der Waals surface area contributed by atoms with Crippen LogP contribution in [0.15, 0.2) is 42.5 Å². The van der Waals surface area contributed by atoms with Crippen LogP contribution in [0.25, 0.3) is 0 Å². The number of benzene rings is 2. The molecule has 0 atom stereocenters. The van der Waals surface area contributed by atoms with Crippen molar-refractivity contribution in [2.75, 3.05) is 26.2 Å². The van der Waals surface area contributed by atoms with Crippen molar-refractivity contribution >= 4 is 39.1 Å². The molecule has 0 radical (unpaired) electrons. The van der Waals surface area contributed by atoms with Gasteiger partial charge in [-0.15, -0.1) is 0 Å². The standard InChI is InChI=1S/C22H26Cl2N2O4S/c1-16-4-2-3-5-21(16)30-13-10-25-22(27)18-8-11-26(12-9-18)31(28,29)15-17-6-7-19(23)20(24)14-17/h2-7,14,18H,8-13,15H2,1H3,(H,25,27). The van der Waals surface area contributed by atoms with E-state index in [1.54, 1.807) is 18.2 Å². The SMILES string of the molecule is Cc1ccccc1OCCNC(=O)C1CCN(S(=O)(=O)Cc2ccc(Cl)c(Cl)c2)CC1. The van der Waals surface area contributed by atoms with Crippen LogP contribution < -0.4 is 10.1 Å². The van der Waals surface area contributed by atoms with Gasteiger partial charge in [0, 0.05) is 19.0 Å². The maximum atomic E-state index is 12.7. The van der Waals surface area contributed by atoms with Gasteiger partial charge in [-0.3, -0.25) is 4.79 Å². The molecule has 6 nitrogen and oxygen atoms in total. The summed E-state index contributed by atoms with van der Waals surface area (Å²) in [4.78, 5) is 12.4. The van der Waals surface area contributed by atoms with Gasteiger partial charge < -0.3 is 10.1 Å². The van der Waals surface area contributed by atoms with E-state index in [4.69, 9.17) is 27.9 Å². The van der Waals surface area contributed by atoms with Gasteiger partial charge in [0.1, 0.15) is 12.4 Å². The summed E-state index contributed by atoms with van der Waals surface area (Å²) in [5, 5.41) is 3.61. The third kappa shape index (κ3) is 6.59. The molecule has 0 unspecified atom stereocenters. The number of piperidine rings is 1. The first-order chi connectivity index (χ1) is 14.8. The van der Waals surface area contributed by atoms with Crippen LogP contribution in [0.5, 0.6) is 5.75 Å². The second-order valence-electron chi connectivity index (χ2n) is 7.58. The van der Waals surface area contributed by atoms with Crippen molar-refractivity contribution in [3.63, 3.8) is 0 Å². The Morgan fingerprint density at radius 2 is 1.84 bits per heavy atom. The van der Waals surface area contributed by atoms with Crippen molar-refractivity contribution in [2.45, 2.75) is 25.5 Å². The van der Waals surface area contributed by atoms with Gasteiger partial charge in [0.2, 0.25) is 15.9 Å². The third-order valence-electron chi connectivity index (χ3n) is 5.30. The molecule has 1 heterocycles. The summed E-state index contributed by atoms with van der Waals surface area (Å²) in [7, 11) is -3.49. The van der Waals surface area contributed by atoms with E-state index < -0.39 is 10.0 Å². The minimum absolute atomic E-state index is 0.0603. The molecule has 1 saturated heterocycles. The zero-order valence-corrected chi connectivity index (χ0v) is 19.6. The fraction of sp³-hybridized carbons (Fsp3) is 0.409. The van der Waals surface area contributed by atoms with E-state index in [0.717, 1.165) is 11.3 Å². The first-order valence-electron chi connectivity index (χ1n) is 10.1. The smallest absolute Gasteiger partial charge is 0.223 e. The molecular formula is C22H26Cl2N2O4S. The summed E-state index contributed by atoms with van der Waals surface area (Å²) in [5.74, 6) is 0.402. The predicted molar refractivity (Wildman–Crippen MR) is 123 cm³/mol. The number of nitrogens with zero attached hydrogens (tertiary/aromatic N) is 1. The van der Waals surface area contributed by atoms with Gasteiger partial charge in [-0.05, 0) is 49.1 Å². The Labute approximate surface area is 193 Å². The quantitative estimate of drug-likeness (QED) is 0.573. The summed E-state index contributed by atoms with van der Waals surface area (Å²) >= 11 is 11.9. The molecule has 0 aromatic heterocycles. The van der Waals surface area contributed by atoms with Crippen LogP contribution in [0.4, 0.5) is 0 Å². The van der Waals surface area contributed by atoms with E-state index in [2.05, 4.69) is 5.32 Å². The third-order valence-corrected chi connectivity index (χ3v) is 7.89. The summed E-state index contributed by atoms with van der Waals surface area (Å²) in [6.07, 6.45) is 0.982. The molecule has 31 heavy (non-hydrogen) atoms. The van der Waals surface area contributed by atoms with E-state index >= 15 is 0 Å². The van der Waals surface area contributed by atoms with Gasteiger partial charge in [-0.25, -0.2) is 12.7 Å². The molecule has 1 amide bonds. The molecule has 0 bridgehead atoms.